The van der Waals surface area contributed by atoms with Crippen molar-refractivity contribution in [3.63, 3.8) is 0 Å². The second kappa shape index (κ2) is 13.5. The van der Waals surface area contributed by atoms with Crippen molar-refractivity contribution < 1.29 is 34.4 Å². The number of rotatable bonds is 5. The van der Waals surface area contributed by atoms with Crippen molar-refractivity contribution in [3.05, 3.63) is 96.1 Å². The number of hydrogen-bond acceptors (Lipinski definition) is 3. The number of ketones is 1. The van der Waals surface area contributed by atoms with Crippen LogP contribution in [0.1, 0.15) is 39.2 Å². The maximum absolute atomic E-state index is 15.0. The molecule has 1 N–H and O–H groups in total. The zero-order valence-corrected chi connectivity index (χ0v) is 27.5. The van der Waals surface area contributed by atoms with Crippen molar-refractivity contribution in [2.24, 2.45) is 0 Å². The van der Waals surface area contributed by atoms with E-state index in [1.807, 2.05) is 24.3 Å². The average Bonchev–Trinajstić information content (AvgIpc) is 2.82. The summed E-state index contributed by atoms with van der Waals surface area (Å²) >= 11 is -2.07. The number of nitrogens with zero attached hydrogens (tertiary/aromatic N) is 1. The number of carbonyl (C=O) groups excluding carboxylic acids is 1. The molecule has 1 heterocycles. The molecule has 0 fully saturated rings. The van der Waals surface area contributed by atoms with Gasteiger partial charge in [0.2, 0.25) is 0 Å². The van der Waals surface area contributed by atoms with Gasteiger partial charge in [-0.2, -0.15) is 0 Å². The summed E-state index contributed by atoms with van der Waals surface area (Å²) in [5.74, 6) is 7.00. The molecule has 0 unspecified atom stereocenters. The van der Waals surface area contributed by atoms with Crippen molar-refractivity contribution in [1.29, 1.82) is 0 Å². The van der Waals surface area contributed by atoms with E-state index in [1.165, 1.54) is 35.3 Å². The molecule has 0 aliphatic rings. The van der Waals surface area contributed by atoms with Gasteiger partial charge in [0.15, 0.2) is 5.78 Å². The third-order valence-electron chi connectivity index (χ3n) is 6.02. The number of aliphatic hydroxyl groups is 1. The van der Waals surface area contributed by atoms with Crippen LogP contribution in [0.15, 0.2) is 78.7 Å². The molecular weight excluding hydrogens is 714 g/mol. The Morgan fingerprint density at radius 3 is 2.26 bits per heavy atom. The number of hydrogen-bond donors (Lipinski definition) is 1. The Hall–Kier alpha value is -2.60. The normalized spacial score (nSPS) is 11.6. The van der Waals surface area contributed by atoms with Gasteiger partial charge in [-0.15, -0.1) is 0 Å². The minimum absolute atomic E-state index is 0. The molecule has 3 aromatic carbocycles. The Kier molecular flexibility index (Phi) is 11.2. The molecule has 0 bridgehead atoms. The topological polar surface area (TPSA) is 50.2 Å². The SMILES string of the molecule is CC(=O)/C=C(/C)O.CC(C)c1cc(-c2cc(-c3cc[c]([Ge]([CH3])([CH3])[CH3])cc3F)ccn2)[c-]c2ccccc12.[Ir]. The van der Waals surface area contributed by atoms with Gasteiger partial charge in [-0.1, -0.05) is 6.07 Å². The maximum Gasteiger partial charge on any atom is 0 e. The van der Waals surface area contributed by atoms with Crippen LogP contribution in [-0.2, 0) is 24.9 Å². The van der Waals surface area contributed by atoms with E-state index in [4.69, 9.17) is 5.11 Å². The van der Waals surface area contributed by atoms with E-state index in [2.05, 4.69) is 72.5 Å². The molecule has 38 heavy (non-hydrogen) atoms. The number of carbonyl (C=O) groups is 1. The molecule has 3 nitrogen and oxygen atoms in total. The third-order valence-corrected chi connectivity index (χ3v) is 10.3. The summed E-state index contributed by atoms with van der Waals surface area (Å²) in [6, 6.07) is 23.6. The number of aliphatic hydroxyl groups excluding tert-OH is 1. The minimum Gasteiger partial charge on any atom is 0 e. The van der Waals surface area contributed by atoms with Gasteiger partial charge < -0.3 is 5.11 Å². The summed E-state index contributed by atoms with van der Waals surface area (Å²) < 4.78 is 16.2. The van der Waals surface area contributed by atoms with E-state index >= 15 is 0 Å². The molecule has 1 aromatic heterocycles. The molecule has 4 rings (SSSR count). The standard InChI is InChI=1S/C27H27FGeN.C5H8O2.Ir/c1-18(2)25-15-21(14-19-8-6-7-9-23(19)25)27-16-20(12-13-30-27)24-11-10-22(17-26(24)28)29(3,4)5;1-4(6)3-5(2)7;/h6-13,15-18H,1-5H3;3,6H,1-2H3;/q-1;;/b;4-3-;. The van der Waals surface area contributed by atoms with E-state index in [1.54, 1.807) is 12.3 Å². The fraction of sp³-hybridized carbons (Fsp3) is 0.250. The smallest absolute Gasteiger partial charge is 0 e. The van der Waals surface area contributed by atoms with Crippen LogP contribution in [0.3, 0.4) is 0 Å². The number of allylic oxidation sites excluding steroid dienone is 2. The Bertz CT molecular complexity index is 1450. The van der Waals surface area contributed by atoms with Gasteiger partial charge in [0.05, 0.1) is 5.76 Å². The number of benzene rings is 3. The van der Waals surface area contributed by atoms with Gasteiger partial charge in [-0.3, -0.25) is 4.79 Å². The van der Waals surface area contributed by atoms with Crippen LogP contribution in [0, 0.1) is 11.9 Å². The van der Waals surface area contributed by atoms with Gasteiger partial charge in [-0.05, 0) is 13.8 Å². The zero-order valence-electron chi connectivity index (χ0n) is 23.0. The number of aromatic nitrogens is 1. The first kappa shape index (κ1) is 31.6. The fourth-order valence-corrected chi connectivity index (χ4v) is 6.53. The van der Waals surface area contributed by atoms with Crippen LogP contribution < -0.4 is 4.40 Å². The van der Waals surface area contributed by atoms with Crippen molar-refractivity contribution in [3.8, 4) is 22.4 Å². The second-order valence-corrected chi connectivity index (χ2v) is 21.3. The first-order chi connectivity index (χ1) is 17.4. The second-order valence-electron chi connectivity index (χ2n) is 10.6. The van der Waals surface area contributed by atoms with Crippen molar-refractivity contribution in [1.82, 2.24) is 4.98 Å². The number of fused-ring (bicyclic) bond motifs is 1. The summed E-state index contributed by atoms with van der Waals surface area (Å²) in [5.41, 5.74) is 4.51. The molecular formula is C32H35FGeIrNO2-. The van der Waals surface area contributed by atoms with Crippen LogP contribution in [0.4, 0.5) is 4.39 Å². The van der Waals surface area contributed by atoms with Crippen molar-refractivity contribution in [2.45, 2.75) is 50.9 Å². The van der Waals surface area contributed by atoms with Crippen molar-refractivity contribution in [2.75, 3.05) is 0 Å². The van der Waals surface area contributed by atoms with Crippen molar-refractivity contribution >= 4 is 34.2 Å². The maximum atomic E-state index is 15.0. The Morgan fingerprint density at radius 2 is 1.71 bits per heavy atom. The molecule has 0 atom stereocenters. The number of halogens is 1. The summed E-state index contributed by atoms with van der Waals surface area (Å²) in [7, 11) is 0. The molecule has 0 saturated carbocycles. The Labute approximate surface area is 241 Å². The molecule has 0 aliphatic carbocycles. The summed E-state index contributed by atoms with van der Waals surface area (Å²) in [4.78, 5) is 14.6. The van der Waals surface area contributed by atoms with E-state index in [-0.39, 0.29) is 37.5 Å². The molecule has 6 heteroatoms. The van der Waals surface area contributed by atoms with Gasteiger partial charge in [0.1, 0.15) is 0 Å². The van der Waals surface area contributed by atoms with E-state index in [9.17, 15) is 9.18 Å². The van der Waals surface area contributed by atoms with Gasteiger partial charge in [0.25, 0.3) is 0 Å². The largest absolute Gasteiger partial charge is 0 e. The predicted octanol–water partition coefficient (Wildman–Crippen LogP) is 8.21. The Balaban J connectivity index is 0.000000561. The van der Waals surface area contributed by atoms with Gasteiger partial charge in [0, 0.05) is 26.2 Å². The summed E-state index contributed by atoms with van der Waals surface area (Å²) in [6.45, 7) is 7.25. The first-order valence-electron chi connectivity index (χ1n) is 12.5. The molecule has 0 amide bonds. The van der Waals surface area contributed by atoms with Crippen LogP contribution in [0.25, 0.3) is 33.2 Å². The molecule has 0 saturated heterocycles. The van der Waals surface area contributed by atoms with E-state index in [0.29, 0.717) is 11.5 Å². The van der Waals surface area contributed by atoms with Crippen LogP contribution in [0.5, 0.6) is 0 Å². The van der Waals surface area contributed by atoms with Crippen LogP contribution >= 0.6 is 0 Å². The molecule has 201 valence electrons. The monoisotopic (exact) mass is 751 g/mol. The minimum atomic E-state index is -2.07. The van der Waals surface area contributed by atoms with Gasteiger partial charge in [-0.25, -0.2) is 0 Å². The van der Waals surface area contributed by atoms with E-state index in [0.717, 1.165) is 22.2 Å². The predicted molar refractivity (Wildman–Crippen MR) is 156 cm³/mol. The molecule has 0 spiro atoms. The fourth-order valence-electron chi connectivity index (χ4n) is 4.13. The number of pyridine rings is 1. The Morgan fingerprint density at radius 1 is 1.03 bits per heavy atom. The van der Waals surface area contributed by atoms with Crippen LogP contribution in [0.2, 0.25) is 17.3 Å². The van der Waals surface area contributed by atoms with Crippen LogP contribution in [-0.4, -0.2) is 29.1 Å². The van der Waals surface area contributed by atoms with Gasteiger partial charge >= 0.3 is 175 Å². The zero-order chi connectivity index (χ0) is 27.3. The average molecular weight is 749 g/mol. The molecule has 0 aliphatic heterocycles. The van der Waals surface area contributed by atoms with E-state index < -0.39 is 13.3 Å². The summed E-state index contributed by atoms with van der Waals surface area (Å²) in [6.07, 6.45) is 2.93. The molecule has 1 radical (unpaired) electrons. The molecule has 4 aromatic rings. The quantitative estimate of drug-likeness (QED) is 0.0970. The third kappa shape index (κ3) is 8.20. The first-order valence-corrected chi connectivity index (χ1v) is 19.8. The summed E-state index contributed by atoms with van der Waals surface area (Å²) in [5, 5.41) is 10.7.